The van der Waals surface area contributed by atoms with E-state index in [1.807, 2.05) is 6.92 Å². The number of carbonyl (C=O) groups excluding carboxylic acids is 1. The molecule has 1 rings (SSSR count). The largest absolute Gasteiger partial charge is 0.388 e. The van der Waals surface area contributed by atoms with E-state index in [1.165, 1.54) is 0 Å². The van der Waals surface area contributed by atoms with Gasteiger partial charge in [-0.15, -0.1) is 0 Å². The monoisotopic (exact) mass is 244 g/mol. The first kappa shape index (κ1) is 14.3. The zero-order valence-corrected chi connectivity index (χ0v) is 11.0. The summed E-state index contributed by atoms with van der Waals surface area (Å²) in [4.78, 5) is 11.6. The topological polar surface area (TPSA) is 70.6 Å². The predicted octanol–water partition coefficient (Wildman–Crippen LogP) is 0.872. The van der Waals surface area contributed by atoms with Crippen molar-refractivity contribution in [1.29, 1.82) is 0 Å². The van der Waals surface area contributed by atoms with Crippen LogP contribution >= 0.6 is 0 Å². The summed E-state index contributed by atoms with van der Waals surface area (Å²) in [5.74, 6) is 0.395. The van der Waals surface area contributed by atoms with Crippen LogP contribution in [0.25, 0.3) is 0 Å². The third kappa shape index (κ3) is 4.91. The standard InChI is InChI=1S/C12H24N2O3/c1-9(2)10(3)14-11(15)13-8-12(16)4-6-17-7-5-12/h9-10,16H,4-8H2,1-3H3,(H2,13,14,15). The molecule has 0 aromatic carbocycles. The van der Waals surface area contributed by atoms with Crippen LogP contribution < -0.4 is 10.6 Å². The summed E-state index contributed by atoms with van der Waals surface area (Å²) < 4.78 is 5.18. The van der Waals surface area contributed by atoms with Gasteiger partial charge in [-0.25, -0.2) is 4.79 Å². The number of amides is 2. The Morgan fingerprint density at radius 2 is 1.94 bits per heavy atom. The molecule has 1 aliphatic rings. The van der Waals surface area contributed by atoms with Crippen molar-refractivity contribution in [2.75, 3.05) is 19.8 Å². The Balaban J connectivity index is 2.27. The molecule has 1 aliphatic heterocycles. The Morgan fingerprint density at radius 3 is 2.47 bits per heavy atom. The number of hydrogen-bond donors (Lipinski definition) is 3. The van der Waals surface area contributed by atoms with E-state index in [0.717, 1.165) is 0 Å². The molecule has 17 heavy (non-hydrogen) atoms. The minimum absolute atomic E-state index is 0.124. The summed E-state index contributed by atoms with van der Waals surface area (Å²) >= 11 is 0. The highest BCUT2D eigenvalue weighted by Gasteiger charge is 2.30. The summed E-state index contributed by atoms with van der Waals surface area (Å²) in [6.45, 7) is 7.47. The zero-order chi connectivity index (χ0) is 12.9. The maximum absolute atomic E-state index is 11.6. The number of urea groups is 1. The van der Waals surface area contributed by atoms with Crippen molar-refractivity contribution in [2.45, 2.75) is 45.3 Å². The molecular weight excluding hydrogens is 220 g/mol. The van der Waals surface area contributed by atoms with Crippen LogP contribution in [0.4, 0.5) is 4.79 Å². The Hall–Kier alpha value is -0.810. The van der Waals surface area contributed by atoms with Crippen molar-refractivity contribution in [1.82, 2.24) is 10.6 Å². The Kier molecular flexibility index (Phi) is 5.21. The number of aliphatic hydroxyl groups is 1. The van der Waals surface area contributed by atoms with E-state index in [1.54, 1.807) is 0 Å². The maximum atomic E-state index is 11.6. The quantitative estimate of drug-likeness (QED) is 0.687. The van der Waals surface area contributed by atoms with E-state index in [2.05, 4.69) is 24.5 Å². The van der Waals surface area contributed by atoms with Crippen molar-refractivity contribution < 1.29 is 14.6 Å². The third-order valence-corrected chi connectivity index (χ3v) is 3.36. The molecule has 1 saturated heterocycles. The number of nitrogens with one attached hydrogen (secondary N) is 2. The predicted molar refractivity (Wildman–Crippen MR) is 65.8 cm³/mol. The highest BCUT2D eigenvalue weighted by Crippen LogP contribution is 2.19. The smallest absolute Gasteiger partial charge is 0.315 e. The van der Waals surface area contributed by atoms with Gasteiger partial charge in [0, 0.05) is 38.6 Å². The molecule has 0 saturated carbocycles. The summed E-state index contributed by atoms with van der Waals surface area (Å²) in [6.07, 6.45) is 1.15. The van der Waals surface area contributed by atoms with Crippen LogP contribution in [-0.4, -0.2) is 42.5 Å². The first-order valence-electron chi connectivity index (χ1n) is 6.27. The van der Waals surface area contributed by atoms with Crippen LogP contribution in [0.3, 0.4) is 0 Å². The fourth-order valence-electron chi connectivity index (χ4n) is 1.60. The zero-order valence-electron chi connectivity index (χ0n) is 11.0. The lowest BCUT2D eigenvalue weighted by Crippen LogP contribution is -2.51. The minimum atomic E-state index is -0.809. The molecule has 5 heteroatoms. The molecule has 0 bridgehead atoms. The van der Waals surface area contributed by atoms with Gasteiger partial charge in [-0.1, -0.05) is 13.8 Å². The maximum Gasteiger partial charge on any atom is 0.315 e. The Morgan fingerprint density at radius 1 is 1.35 bits per heavy atom. The van der Waals surface area contributed by atoms with E-state index in [-0.39, 0.29) is 18.6 Å². The van der Waals surface area contributed by atoms with E-state index in [4.69, 9.17) is 4.74 Å². The molecule has 0 spiro atoms. The van der Waals surface area contributed by atoms with Gasteiger partial charge in [0.25, 0.3) is 0 Å². The van der Waals surface area contributed by atoms with Crippen molar-refractivity contribution >= 4 is 6.03 Å². The first-order chi connectivity index (χ1) is 7.93. The minimum Gasteiger partial charge on any atom is -0.388 e. The summed E-state index contributed by atoms with van der Waals surface area (Å²) in [5.41, 5.74) is -0.809. The molecule has 1 heterocycles. The molecule has 1 unspecified atom stereocenters. The van der Waals surface area contributed by atoms with Gasteiger partial charge in [0.15, 0.2) is 0 Å². The number of carbonyl (C=O) groups is 1. The number of rotatable bonds is 4. The van der Waals surface area contributed by atoms with Gasteiger partial charge in [0.05, 0.1) is 5.60 Å². The average molecular weight is 244 g/mol. The van der Waals surface area contributed by atoms with Crippen LogP contribution in [0.15, 0.2) is 0 Å². The molecule has 1 atom stereocenters. The van der Waals surface area contributed by atoms with Crippen LogP contribution in [0.1, 0.15) is 33.6 Å². The lowest BCUT2D eigenvalue weighted by Gasteiger charge is -2.32. The van der Waals surface area contributed by atoms with E-state index in [0.29, 0.717) is 32.0 Å². The van der Waals surface area contributed by atoms with Crippen LogP contribution in [0, 0.1) is 5.92 Å². The lowest BCUT2D eigenvalue weighted by atomic mass is 9.94. The SMILES string of the molecule is CC(C)C(C)NC(=O)NCC1(O)CCOCC1. The van der Waals surface area contributed by atoms with Gasteiger partial charge in [-0.05, 0) is 12.8 Å². The van der Waals surface area contributed by atoms with Crippen molar-refractivity contribution in [3.8, 4) is 0 Å². The molecular formula is C12H24N2O3. The molecule has 0 radical (unpaired) electrons. The van der Waals surface area contributed by atoms with Crippen molar-refractivity contribution in [3.63, 3.8) is 0 Å². The molecule has 1 fully saturated rings. The highest BCUT2D eigenvalue weighted by molar-refractivity contribution is 5.74. The van der Waals surface area contributed by atoms with Gasteiger partial charge >= 0.3 is 6.03 Å². The fraction of sp³-hybridized carbons (Fsp3) is 0.917. The molecule has 0 aliphatic carbocycles. The van der Waals surface area contributed by atoms with E-state index < -0.39 is 5.60 Å². The third-order valence-electron chi connectivity index (χ3n) is 3.36. The summed E-state index contributed by atoms with van der Waals surface area (Å²) in [6, 6.07) is -0.0922. The summed E-state index contributed by atoms with van der Waals surface area (Å²) in [5, 5.41) is 15.7. The van der Waals surface area contributed by atoms with Crippen LogP contribution in [0.5, 0.6) is 0 Å². The second kappa shape index (κ2) is 6.21. The first-order valence-corrected chi connectivity index (χ1v) is 6.27. The van der Waals surface area contributed by atoms with Gasteiger partial charge in [0.2, 0.25) is 0 Å². The molecule has 0 aromatic rings. The van der Waals surface area contributed by atoms with E-state index in [9.17, 15) is 9.90 Å². The van der Waals surface area contributed by atoms with Gasteiger partial charge in [0.1, 0.15) is 0 Å². The van der Waals surface area contributed by atoms with Crippen LogP contribution in [-0.2, 0) is 4.74 Å². The Labute approximate surface area is 103 Å². The lowest BCUT2D eigenvalue weighted by molar-refractivity contribution is -0.0600. The second-order valence-corrected chi connectivity index (χ2v) is 5.20. The molecule has 100 valence electrons. The molecule has 2 amide bonds. The van der Waals surface area contributed by atoms with E-state index >= 15 is 0 Å². The second-order valence-electron chi connectivity index (χ2n) is 5.20. The average Bonchev–Trinajstić information content (AvgIpc) is 2.27. The molecule has 0 aromatic heterocycles. The van der Waals surface area contributed by atoms with Gasteiger partial charge in [-0.2, -0.15) is 0 Å². The number of hydrogen-bond acceptors (Lipinski definition) is 3. The van der Waals surface area contributed by atoms with Gasteiger partial charge in [-0.3, -0.25) is 0 Å². The molecule has 5 nitrogen and oxygen atoms in total. The number of ether oxygens (including phenoxy) is 1. The normalized spacial score (nSPS) is 21.0. The van der Waals surface area contributed by atoms with Crippen molar-refractivity contribution in [2.24, 2.45) is 5.92 Å². The highest BCUT2D eigenvalue weighted by atomic mass is 16.5. The van der Waals surface area contributed by atoms with Crippen molar-refractivity contribution in [3.05, 3.63) is 0 Å². The molecule has 3 N–H and O–H groups in total. The van der Waals surface area contributed by atoms with Crippen LogP contribution in [0.2, 0.25) is 0 Å². The Bertz CT molecular complexity index is 250. The fourth-order valence-corrected chi connectivity index (χ4v) is 1.60. The summed E-state index contributed by atoms with van der Waals surface area (Å²) in [7, 11) is 0. The van der Waals surface area contributed by atoms with Gasteiger partial charge < -0.3 is 20.5 Å².